The number of guanidine groups is 1. The molecule has 0 saturated carbocycles. The van der Waals surface area contributed by atoms with Gasteiger partial charge < -0.3 is 9.80 Å². The number of nitriles is 1. The highest BCUT2D eigenvalue weighted by atomic mass is 15.4. The van der Waals surface area contributed by atoms with Crippen LogP contribution in [0.3, 0.4) is 0 Å². The van der Waals surface area contributed by atoms with Gasteiger partial charge in [-0.3, -0.25) is 4.98 Å². The van der Waals surface area contributed by atoms with Gasteiger partial charge in [-0.15, -0.1) is 0 Å². The topological polar surface area (TPSA) is 55.5 Å². The predicted molar refractivity (Wildman–Crippen MR) is 111 cm³/mol. The first kappa shape index (κ1) is 18.0. The number of allylic oxidation sites excluding steroid dienone is 1. The summed E-state index contributed by atoms with van der Waals surface area (Å²) in [7, 11) is 2.01. The van der Waals surface area contributed by atoms with Crippen molar-refractivity contribution in [1.82, 2.24) is 14.8 Å². The Hall–Kier alpha value is -3.39. The van der Waals surface area contributed by atoms with Gasteiger partial charge in [-0.25, -0.2) is 4.99 Å². The second-order valence-corrected chi connectivity index (χ2v) is 7.25. The van der Waals surface area contributed by atoms with E-state index < -0.39 is 0 Å². The second-order valence-electron chi connectivity index (χ2n) is 7.25. The zero-order valence-corrected chi connectivity index (χ0v) is 16.0. The Morgan fingerprint density at radius 2 is 2.04 bits per heavy atom. The molecule has 1 aromatic carbocycles. The Balaban J connectivity index is 1.61. The smallest absolute Gasteiger partial charge is 0.206 e. The highest BCUT2D eigenvalue weighted by Gasteiger charge is 2.28. The van der Waals surface area contributed by atoms with Gasteiger partial charge in [0.2, 0.25) is 5.96 Å². The molecule has 4 rings (SSSR count). The van der Waals surface area contributed by atoms with Crippen LogP contribution in [-0.2, 0) is 0 Å². The quantitative estimate of drug-likeness (QED) is 0.803. The number of benzene rings is 1. The molecule has 2 aromatic rings. The number of aromatic nitrogens is 1. The second kappa shape index (κ2) is 7.69. The molecule has 0 radical (unpaired) electrons. The number of rotatable bonds is 2. The van der Waals surface area contributed by atoms with E-state index in [2.05, 4.69) is 33.5 Å². The number of hydrogen-bond acceptors (Lipinski definition) is 5. The van der Waals surface area contributed by atoms with Gasteiger partial charge >= 0.3 is 0 Å². The zero-order valence-electron chi connectivity index (χ0n) is 16.0. The van der Waals surface area contributed by atoms with Crippen molar-refractivity contribution in [2.45, 2.75) is 18.8 Å². The SMILES string of the molecule is C=C1C=C(c2ccncc2)N=C(N2CCC[C@@H](c3cccc(C#N)c3)C2)N1C. The van der Waals surface area contributed by atoms with Gasteiger partial charge in [0.25, 0.3) is 0 Å². The van der Waals surface area contributed by atoms with Crippen LogP contribution in [-0.4, -0.2) is 40.9 Å². The van der Waals surface area contributed by atoms with Gasteiger partial charge in [0.05, 0.1) is 17.3 Å². The maximum absolute atomic E-state index is 9.21. The molecule has 2 aliphatic heterocycles. The number of hydrogen-bond donors (Lipinski definition) is 0. The van der Waals surface area contributed by atoms with E-state index in [9.17, 15) is 5.26 Å². The molecule has 28 heavy (non-hydrogen) atoms. The zero-order chi connectivity index (χ0) is 19.5. The highest BCUT2D eigenvalue weighted by Crippen LogP contribution is 2.30. The Labute approximate surface area is 166 Å². The molecule has 1 atom stereocenters. The maximum Gasteiger partial charge on any atom is 0.206 e. The number of aliphatic imine (C=N–C) groups is 1. The van der Waals surface area contributed by atoms with Crippen molar-refractivity contribution >= 4 is 11.7 Å². The van der Waals surface area contributed by atoms with E-state index in [0.717, 1.165) is 54.4 Å². The summed E-state index contributed by atoms with van der Waals surface area (Å²) in [6.07, 6.45) is 7.79. The van der Waals surface area contributed by atoms with E-state index in [1.54, 1.807) is 12.4 Å². The molecule has 1 fully saturated rings. The summed E-state index contributed by atoms with van der Waals surface area (Å²) in [4.78, 5) is 13.5. The molecule has 0 N–H and O–H groups in total. The summed E-state index contributed by atoms with van der Waals surface area (Å²) < 4.78 is 0. The fraction of sp³-hybridized carbons (Fsp3) is 0.261. The number of likely N-dealkylation sites (tertiary alicyclic amines) is 1. The van der Waals surface area contributed by atoms with Crippen molar-refractivity contribution in [3.8, 4) is 6.07 Å². The molecule has 2 aliphatic rings. The molecular formula is C23H23N5. The fourth-order valence-corrected chi connectivity index (χ4v) is 3.84. The summed E-state index contributed by atoms with van der Waals surface area (Å²) in [6.45, 7) is 6.06. The van der Waals surface area contributed by atoms with Crippen molar-refractivity contribution in [2.24, 2.45) is 4.99 Å². The first-order valence-electron chi connectivity index (χ1n) is 9.54. The largest absolute Gasteiger partial charge is 0.342 e. The molecule has 0 bridgehead atoms. The lowest BCUT2D eigenvalue weighted by Crippen LogP contribution is -2.47. The van der Waals surface area contributed by atoms with Crippen LogP contribution in [0.15, 0.2) is 72.1 Å². The van der Waals surface area contributed by atoms with E-state index in [0.29, 0.717) is 5.92 Å². The molecule has 1 aromatic heterocycles. The van der Waals surface area contributed by atoms with Crippen molar-refractivity contribution in [3.63, 3.8) is 0 Å². The fourth-order valence-electron chi connectivity index (χ4n) is 3.84. The van der Waals surface area contributed by atoms with Crippen LogP contribution in [0.4, 0.5) is 0 Å². The van der Waals surface area contributed by atoms with Gasteiger partial charge in [-0.1, -0.05) is 18.7 Å². The third-order valence-corrected chi connectivity index (χ3v) is 5.42. The number of nitrogens with zero attached hydrogens (tertiary/aromatic N) is 5. The summed E-state index contributed by atoms with van der Waals surface area (Å²) in [6, 6.07) is 14.2. The highest BCUT2D eigenvalue weighted by molar-refractivity contribution is 5.91. The minimum absolute atomic E-state index is 0.390. The van der Waals surface area contributed by atoms with Crippen LogP contribution in [0.1, 0.15) is 35.4 Å². The van der Waals surface area contributed by atoms with Crippen molar-refractivity contribution < 1.29 is 0 Å². The van der Waals surface area contributed by atoms with Gasteiger partial charge in [-0.2, -0.15) is 5.26 Å². The molecule has 140 valence electrons. The van der Waals surface area contributed by atoms with Crippen LogP contribution in [0.5, 0.6) is 0 Å². The van der Waals surface area contributed by atoms with Crippen molar-refractivity contribution in [1.29, 1.82) is 5.26 Å². The maximum atomic E-state index is 9.21. The lowest BCUT2D eigenvalue weighted by Gasteiger charge is -2.39. The lowest BCUT2D eigenvalue weighted by molar-refractivity contribution is 0.284. The van der Waals surface area contributed by atoms with E-state index in [1.807, 2.05) is 43.5 Å². The first-order chi connectivity index (χ1) is 13.7. The molecule has 5 nitrogen and oxygen atoms in total. The minimum atomic E-state index is 0.390. The minimum Gasteiger partial charge on any atom is -0.342 e. The summed E-state index contributed by atoms with van der Waals surface area (Å²) in [5, 5.41) is 9.21. The lowest BCUT2D eigenvalue weighted by atomic mass is 9.90. The summed E-state index contributed by atoms with van der Waals surface area (Å²) in [5.74, 6) is 1.32. The Bertz CT molecular complexity index is 984. The van der Waals surface area contributed by atoms with Gasteiger partial charge in [0.1, 0.15) is 0 Å². The third kappa shape index (κ3) is 3.54. The average Bonchev–Trinajstić information content (AvgIpc) is 2.76. The van der Waals surface area contributed by atoms with E-state index in [-0.39, 0.29) is 0 Å². The van der Waals surface area contributed by atoms with Crippen LogP contribution in [0.2, 0.25) is 0 Å². The van der Waals surface area contributed by atoms with Crippen LogP contribution in [0.25, 0.3) is 5.70 Å². The average molecular weight is 369 g/mol. The van der Waals surface area contributed by atoms with Gasteiger partial charge in [0, 0.05) is 49.7 Å². The number of piperidine rings is 1. The molecule has 1 saturated heterocycles. The first-order valence-corrected chi connectivity index (χ1v) is 9.54. The van der Waals surface area contributed by atoms with Crippen molar-refractivity contribution in [3.05, 3.63) is 83.8 Å². The van der Waals surface area contributed by atoms with Gasteiger partial charge in [-0.05, 0) is 48.7 Å². The Morgan fingerprint density at radius 3 is 2.82 bits per heavy atom. The van der Waals surface area contributed by atoms with E-state index in [1.165, 1.54) is 5.56 Å². The van der Waals surface area contributed by atoms with Crippen LogP contribution in [0, 0.1) is 11.3 Å². The monoisotopic (exact) mass is 369 g/mol. The van der Waals surface area contributed by atoms with Gasteiger partial charge in [0.15, 0.2) is 0 Å². The normalized spacial score (nSPS) is 19.7. The molecule has 0 spiro atoms. The Morgan fingerprint density at radius 1 is 1.21 bits per heavy atom. The molecule has 0 aliphatic carbocycles. The summed E-state index contributed by atoms with van der Waals surface area (Å²) >= 11 is 0. The standard InChI is InChI=1S/C23H23N5/c1-17-13-22(19-8-10-25-11-9-19)26-23(27(17)2)28-12-4-7-21(16-28)20-6-3-5-18(14-20)15-24/h3,5-6,8-11,13-14,21H,1,4,7,12,16H2,2H3/t21-/m1/s1. The molecule has 0 unspecified atom stereocenters. The third-order valence-electron chi connectivity index (χ3n) is 5.42. The molecular weight excluding hydrogens is 346 g/mol. The molecule has 5 heteroatoms. The number of pyridine rings is 1. The van der Waals surface area contributed by atoms with Crippen molar-refractivity contribution in [2.75, 3.05) is 20.1 Å². The van der Waals surface area contributed by atoms with E-state index in [4.69, 9.17) is 4.99 Å². The molecule has 0 amide bonds. The predicted octanol–water partition coefficient (Wildman–Crippen LogP) is 3.99. The van der Waals surface area contributed by atoms with E-state index >= 15 is 0 Å². The Kier molecular flexibility index (Phi) is 4.94. The molecule has 3 heterocycles. The van der Waals surface area contributed by atoms with Crippen LogP contribution < -0.4 is 0 Å². The summed E-state index contributed by atoms with van der Waals surface area (Å²) in [5.41, 5.74) is 4.82. The number of likely N-dealkylation sites (N-methyl/N-ethyl adjacent to an activating group) is 1. The van der Waals surface area contributed by atoms with Crippen LogP contribution >= 0.6 is 0 Å².